The lowest BCUT2D eigenvalue weighted by molar-refractivity contribution is -0.384. The summed E-state index contributed by atoms with van der Waals surface area (Å²) in [5, 5.41) is 16.7. The topological polar surface area (TPSA) is 84.3 Å². The number of hydrogen-bond donors (Lipinski definition) is 2. The van der Waals surface area contributed by atoms with Crippen molar-refractivity contribution in [1.29, 1.82) is 0 Å². The van der Waals surface area contributed by atoms with Crippen molar-refractivity contribution in [1.82, 2.24) is 5.32 Å². The van der Waals surface area contributed by atoms with E-state index in [2.05, 4.69) is 28.8 Å². The lowest BCUT2D eigenvalue weighted by atomic mass is 9.89. The normalized spacial score (nSPS) is 14.2. The highest BCUT2D eigenvalue weighted by Crippen LogP contribution is 2.24. The van der Waals surface area contributed by atoms with Gasteiger partial charge < -0.3 is 10.6 Å². The summed E-state index contributed by atoms with van der Waals surface area (Å²) in [7, 11) is 0. The van der Waals surface area contributed by atoms with Gasteiger partial charge in [0.05, 0.1) is 17.5 Å². The van der Waals surface area contributed by atoms with Gasteiger partial charge in [0.2, 0.25) is 5.91 Å². The van der Waals surface area contributed by atoms with Crippen LogP contribution >= 0.6 is 0 Å². The first-order chi connectivity index (χ1) is 12.5. The van der Waals surface area contributed by atoms with E-state index in [1.165, 1.54) is 36.1 Å². The number of carbonyl (C=O) groups excluding carboxylic acids is 1. The maximum absolute atomic E-state index is 12.2. The molecule has 0 radical (unpaired) electrons. The number of aryl methyl sites for hydroxylation is 2. The van der Waals surface area contributed by atoms with Crippen molar-refractivity contribution in [3.05, 3.63) is 69.3 Å². The molecule has 1 aliphatic rings. The van der Waals surface area contributed by atoms with E-state index in [1.807, 2.05) is 6.92 Å². The van der Waals surface area contributed by atoms with Gasteiger partial charge in [-0.15, -0.1) is 0 Å². The summed E-state index contributed by atoms with van der Waals surface area (Å²) in [4.78, 5) is 22.5. The molecule has 2 aromatic carbocycles. The third-order valence-electron chi connectivity index (χ3n) is 4.76. The molecule has 0 aliphatic heterocycles. The summed E-state index contributed by atoms with van der Waals surface area (Å²) < 4.78 is 0. The zero-order chi connectivity index (χ0) is 18.5. The highest BCUT2D eigenvalue weighted by atomic mass is 16.6. The van der Waals surface area contributed by atoms with Crippen molar-refractivity contribution >= 4 is 17.3 Å². The first-order valence-electron chi connectivity index (χ1n) is 8.92. The van der Waals surface area contributed by atoms with Crippen LogP contribution in [0.15, 0.2) is 42.5 Å². The van der Waals surface area contributed by atoms with Crippen LogP contribution in [-0.4, -0.2) is 17.4 Å². The van der Waals surface area contributed by atoms with E-state index in [1.54, 1.807) is 12.1 Å². The number of hydrogen-bond acceptors (Lipinski definition) is 4. The van der Waals surface area contributed by atoms with Crippen LogP contribution in [0.5, 0.6) is 0 Å². The van der Waals surface area contributed by atoms with Gasteiger partial charge in [-0.05, 0) is 55.4 Å². The number of benzene rings is 2. The van der Waals surface area contributed by atoms with E-state index < -0.39 is 4.92 Å². The van der Waals surface area contributed by atoms with Crippen LogP contribution in [0.2, 0.25) is 0 Å². The number of anilines is 1. The molecule has 0 aromatic heterocycles. The smallest absolute Gasteiger partial charge is 0.271 e. The highest BCUT2D eigenvalue weighted by Gasteiger charge is 2.14. The SMILES string of the molecule is C[C@H](NC(=O)CNc1cccc([N+](=O)[O-])c1)c1ccc2c(c1)CCCC2. The number of nitrogens with zero attached hydrogens (tertiary/aromatic N) is 1. The Morgan fingerprint density at radius 1 is 1.15 bits per heavy atom. The quantitative estimate of drug-likeness (QED) is 0.612. The predicted octanol–water partition coefficient (Wildman–Crippen LogP) is 3.76. The van der Waals surface area contributed by atoms with Crippen LogP contribution in [0.25, 0.3) is 0 Å². The minimum absolute atomic E-state index is 0.00200. The van der Waals surface area contributed by atoms with Crippen molar-refractivity contribution < 1.29 is 9.72 Å². The highest BCUT2D eigenvalue weighted by molar-refractivity contribution is 5.81. The molecule has 0 saturated carbocycles. The van der Waals surface area contributed by atoms with Gasteiger partial charge in [0.25, 0.3) is 5.69 Å². The summed E-state index contributed by atoms with van der Waals surface area (Å²) in [6.45, 7) is 2.03. The fourth-order valence-corrected chi connectivity index (χ4v) is 3.31. The molecule has 1 aliphatic carbocycles. The Morgan fingerprint density at radius 2 is 1.92 bits per heavy atom. The molecule has 0 spiro atoms. The van der Waals surface area contributed by atoms with Gasteiger partial charge in [-0.3, -0.25) is 14.9 Å². The summed E-state index contributed by atoms with van der Waals surface area (Å²) in [5.41, 5.74) is 4.47. The van der Waals surface area contributed by atoms with Gasteiger partial charge in [0.15, 0.2) is 0 Å². The van der Waals surface area contributed by atoms with E-state index in [0.717, 1.165) is 18.4 Å². The van der Waals surface area contributed by atoms with Crippen molar-refractivity contribution in [2.45, 2.75) is 38.6 Å². The van der Waals surface area contributed by atoms with Crippen molar-refractivity contribution in [2.75, 3.05) is 11.9 Å². The van der Waals surface area contributed by atoms with E-state index in [9.17, 15) is 14.9 Å². The van der Waals surface area contributed by atoms with Crippen molar-refractivity contribution in [2.24, 2.45) is 0 Å². The van der Waals surface area contributed by atoms with Gasteiger partial charge in [-0.25, -0.2) is 0 Å². The number of non-ortho nitro benzene ring substituents is 1. The standard InChI is InChI=1S/C20H23N3O3/c1-14(16-10-9-15-5-2-3-6-17(15)11-16)22-20(24)13-21-18-7-4-8-19(12-18)23(25)26/h4,7-12,14,21H,2-3,5-6,13H2,1H3,(H,22,24)/t14-/m0/s1. The van der Waals surface area contributed by atoms with Crippen LogP contribution in [-0.2, 0) is 17.6 Å². The maximum atomic E-state index is 12.2. The second-order valence-electron chi connectivity index (χ2n) is 6.69. The van der Waals surface area contributed by atoms with Crippen LogP contribution < -0.4 is 10.6 Å². The third kappa shape index (κ3) is 4.39. The zero-order valence-corrected chi connectivity index (χ0v) is 14.8. The Labute approximate surface area is 152 Å². The Bertz CT molecular complexity index is 820. The molecular weight excluding hydrogens is 330 g/mol. The number of nitro groups is 1. The van der Waals surface area contributed by atoms with Gasteiger partial charge in [0.1, 0.15) is 0 Å². The first kappa shape index (κ1) is 17.9. The van der Waals surface area contributed by atoms with Gasteiger partial charge in [-0.1, -0.05) is 24.3 Å². The molecule has 1 atom stereocenters. The molecular formula is C20H23N3O3. The fourth-order valence-electron chi connectivity index (χ4n) is 3.31. The first-order valence-corrected chi connectivity index (χ1v) is 8.92. The molecule has 2 aromatic rings. The van der Waals surface area contributed by atoms with Crippen LogP contribution in [0, 0.1) is 10.1 Å². The van der Waals surface area contributed by atoms with Crippen molar-refractivity contribution in [3.63, 3.8) is 0 Å². The number of amides is 1. The largest absolute Gasteiger partial charge is 0.376 e. The van der Waals surface area contributed by atoms with Crippen LogP contribution in [0.1, 0.15) is 42.5 Å². The molecule has 2 N–H and O–H groups in total. The van der Waals surface area contributed by atoms with E-state index in [0.29, 0.717) is 5.69 Å². The number of rotatable bonds is 6. The predicted molar refractivity (Wildman–Crippen MR) is 101 cm³/mol. The van der Waals surface area contributed by atoms with Gasteiger partial charge in [-0.2, -0.15) is 0 Å². The van der Waals surface area contributed by atoms with E-state index in [4.69, 9.17) is 0 Å². The van der Waals surface area contributed by atoms with Crippen LogP contribution in [0.3, 0.4) is 0 Å². The average molecular weight is 353 g/mol. The van der Waals surface area contributed by atoms with Gasteiger partial charge >= 0.3 is 0 Å². The second-order valence-corrected chi connectivity index (χ2v) is 6.69. The Morgan fingerprint density at radius 3 is 2.69 bits per heavy atom. The minimum Gasteiger partial charge on any atom is -0.376 e. The Balaban J connectivity index is 1.56. The molecule has 3 rings (SSSR count). The molecule has 26 heavy (non-hydrogen) atoms. The molecule has 0 unspecified atom stereocenters. The summed E-state index contributed by atoms with van der Waals surface area (Å²) in [5.74, 6) is -0.151. The van der Waals surface area contributed by atoms with E-state index >= 15 is 0 Å². The minimum atomic E-state index is -0.455. The molecule has 136 valence electrons. The third-order valence-corrected chi connectivity index (χ3v) is 4.76. The van der Waals surface area contributed by atoms with E-state index in [-0.39, 0.29) is 24.2 Å². The summed E-state index contributed by atoms with van der Waals surface area (Å²) in [6, 6.07) is 12.5. The molecule has 0 saturated heterocycles. The summed E-state index contributed by atoms with van der Waals surface area (Å²) >= 11 is 0. The average Bonchev–Trinajstić information content (AvgIpc) is 2.66. The second kappa shape index (κ2) is 7.99. The van der Waals surface area contributed by atoms with Gasteiger partial charge in [0, 0.05) is 17.8 Å². The Kier molecular flexibility index (Phi) is 5.51. The maximum Gasteiger partial charge on any atom is 0.271 e. The fraction of sp³-hybridized carbons (Fsp3) is 0.350. The molecule has 0 fully saturated rings. The number of nitro benzene ring substituents is 1. The molecule has 0 heterocycles. The number of carbonyl (C=O) groups is 1. The van der Waals surface area contributed by atoms with Crippen molar-refractivity contribution in [3.8, 4) is 0 Å². The Hall–Kier alpha value is -2.89. The van der Waals surface area contributed by atoms with Crippen LogP contribution in [0.4, 0.5) is 11.4 Å². The number of nitrogens with one attached hydrogen (secondary N) is 2. The molecule has 0 bridgehead atoms. The monoisotopic (exact) mass is 353 g/mol. The molecule has 6 heteroatoms. The number of fused-ring (bicyclic) bond motifs is 1. The zero-order valence-electron chi connectivity index (χ0n) is 14.8. The summed E-state index contributed by atoms with van der Waals surface area (Å²) in [6.07, 6.45) is 4.73. The lowest BCUT2D eigenvalue weighted by Crippen LogP contribution is -2.32. The molecule has 6 nitrogen and oxygen atoms in total. The lowest BCUT2D eigenvalue weighted by Gasteiger charge is -2.20. The molecule has 1 amide bonds.